The summed E-state index contributed by atoms with van der Waals surface area (Å²) < 4.78 is 0. The molecule has 4 rings (SSSR count). The van der Waals surface area contributed by atoms with Crippen molar-refractivity contribution in [2.24, 2.45) is 5.92 Å². The van der Waals surface area contributed by atoms with Crippen molar-refractivity contribution in [3.8, 4) is 0 Å². The van der Waals surface area contributed by atoms with Gasteiger partial charge in [0.05, 0.1) is 5.69 Å². The largest absolute Gasteiger partial charge is 0.300 e. The Kier molecular flexibility index (Phi) is 10.3. The zero-order valence-electron chi connectivity index (χ0n) is 23.0. The molecule has 37 heavy (non-hydrogen) atoms. The van der Waals surface area contributed by atoms with Crippen LogP contribution in [0.5, 0.6) is 0 Å². The van der Waals surface area contributed by atoms with Crippen LogP contribution in [0.15, 0.2) is 42.6 Å². The standard InChI is InChI=1S/C34H45NO2.3H2/c1-3-4-9-26(17-16-25(2)36)18-19-32(37)23-27-10-7-12-29(22-27)30-13-8-14-31(24-30)34-33-15-6-5-11-28(33)20-21-35-34;;;/h6-7,10,12,15,20-22,26,30-31H,3-5,8-9,11,13-14,16-19,23-24H2,1-2H3;3*1H. The van der Waals surface area contributed by atoms with E-state index in [4.69, 9.17) is 4.98 Å². The van der Waals surface area contributed by atoms with Gasteiger partial charge in [-0.15, -0.1) is 0 Å². The Morgan fingerprint density at radius 3 is 2.76 bits per heavy atom. The predicted octanol–water partition coefficient (Wildman–Crippen LogP) is 9.29. The van der Waals surface area contributed by atoms with Gasteiger partial charge in [0.1, 0.15) is 11.6 Å². The van der Waals surface area contributed by atoms with Crippen molar-refractivity contribution in [2.45, 2.75) is 116 Å². The maximum Gasteiger partial charge on any atom is 0.137 e. The number of aryl methyl sites for hydroxylation is 1. The van der Waals surface area contributed by atoms with Crippen LogP contribution in [-0.4, -0.2) is 16.6 Å². The average molecular weight is 506 g/mol. The molecular weight excluding hydrogens is 454 g/mol. The Hall–Kier alpha value is -2.55. The molecule has 0 saturated heterocycles. The van der Waals surface area contributed by atoms with Gasteiger partial charge in [0.15, 0.2) is 0 Å². The van der Waals surface area contributed by atoms with Crippen LogP contribution in [0.1, 0.15) is 135 Å². The lowest BCUT2D eigenvalue weighted by molar-refractivity contribution is -0.118. The van der Waals surface area contributed by atoms with Crippen LogP contribution < -0.4 is 0 Å². The summed E-state index contributed by atoms with van der Waals surface area (Å²) in [6.45, 7) is 3.88. The van der Waals surface area contributed by atoms with Gasteiger partial charge in [-0.3, -0.25) is 9.78 Å². The van der Waals surface area contributed by atoms with Gasteiger partial charge in [-0.05, 0) is 92.0 Å². The minimum atomic E-state index is 0. The van der Waals surface area contributed by atoms with Gasteiger partial charge in [-0.1, -0.05) is 69.0 Å². The lowest BCUT2D eigenvalue weighted by atomic mass is 9.75. The number of nitrogens with zero attached hydrogens (tertiary/aromatic N) is 1. The zero-order chi connectivity index (χ0) is 26.0. The maximum absolute atomic E-state index is 12.9. The van der Waals surface area contributed by atoms with Crippen LogP contribution in [0.2, 0.25) is 0 Å². The van der Waals surface area contributed by atoms with E-state index in [1.165, 1.54) is 54.5 Å². The summed E-state index contributed by atoms with van der Waals surface area (Å²) >= 11 is 0. The fourth-order valence-corrected chi connectivity index (χ4v) is 6.42. The van der Waals surface area contributed by atoms with Crippen molar-refractivity contribution >= 4 is 17.6 Å². The van der Waals surface area contributed by atoms with Gasteiger partial charge in [0.25, 0.3) is 0 Å². The van der Waals surface area contributed by atoms with E-state index in [0.29, 0.717) is 42.8 Å². The highest BCUT2D eigenvalue weighted by Crippen LogP contribution is 2.42. The number of carbonyl (C=O) groups excluding carboxylic acids is 2. The van der Waals surface area contributed by atoms with Crippen molar-refractivity contribution in [1.29, 1.82) is 0 Å². The fourth-order valence-electron chi connectivity index (χ4n) is 6.42. The number of unbranched alkanes of at least 4 members (excludes halogenated alkanes) is 1. The van der Waals surface area contributed by atoms with Crippen molar-refractivity contribution in [3.63, 3.8) is 0 Å². The molecule has 1 saturated carbocycles. The first-order valence-corrected chi connectivity index (χ1v) is 14.8. The Morgan fingerprint density at radius 1 is 1.08 bits per heavy atom. The summed E-state index contributed by atoms with van der Waals surface area (Å²) in [4.78, 5) is 29.2. The molecule has 3 atom stereocenters. The summed E-state index contributed by atoms with van der Waals surface area (Å²) in [7, 11) is 0. The van der Waals surface area contributed by atoms with E-state index in [0.717, 1.165) is 44.1 Å². The molecule has 0 aliphatic heterocycles. The Balaban J connectivity index is 0.00000267. The Labute approximate surface area is 228 Å². The molecule has 1 aromatic heterocycles. The van der Waals surface area contributed by atoms with E-state index in [1.807, 2.05) is 6.20 Å². The molecule has 2 aromatic rings. The van der Waals surface area contributed by atoms with Gasteiger partial charge >= 0.3 is 0 Å². The number of aromatic nitrogens is 1. The van der Waals surface area contributed by atoms with Crippen molar-refractivity contribution in [3.05, 3.63) is 70.6 Å². The number of Topliss-reactive ketones (excluding diaryl/α,β-unsaturated/α-hetero) is 2. The highest BCUT2D eigenvalue weighted by Gasteiger charge is 2.28. The highest BCUT2D eigenvalue weighted by molar-refractivity contribution is 5.81. The topological polar surface area (TPSA) is 47.0 Å². The first-order chi connectivity index (χ1) is 18.0. The normalized spacial score (nSPS) is 19.8. The number of hydrogen-bond acceptors (Lipinski definition) is 3. The number of rotatable bonds is 13. The smallest absolute Gasteiger partial charge is 0.137 e. The predicted molar refractivity (Wildman–Crippen MR) is 159 cm³/mol. The molecule has 1 heterocycles. The molecule has 3 nitrogen and oxygen atoms in total. The van der Waals surface area contributed by atoms with E-state index in [9.17, 15) is 9.59 Å². The lowest BCUT2D eigenvalue weighted by Gasteiger charge is -2.31. The molecule has 0 bridgehead atoms. The van der Waals surface area contributed by atoms with Crippen LogP contribution in [0, 0.1) is 5.92 Å². The van der Waals surface area contributed by atoms with Crippen molar-refractivity contribution in [1.82, 2.24) is 4.98 Å². The third-order valence-electron chi connectivity index (χ3n) is 8.56. The van der Waals surface area contributed by atoms with Crippen LogP contribution in [-0.2, 0) is 22.4 Å². The molecule has 3 heteroatoms. The second kappa shape index (κ2) is 13.8. The molecule has 3 unspecified atom stereocenters. The molecule has 0 N–H and O–H groups in total. The van der Waals surface area contributed by atoms with Gasteiger partial charge < -0.3 is 4.79 Å². The number of benzene rings is 1. The molecule has 1 aromatic carbocycles. The molecule has 1 fully saturated rings. The third kappa shape index (κ3) is 7.97. The van der Waals surface area contributed by atoms with Crippen LogP contribution in [0.25, 0.3) is 6.08 Å². The molecule has 0 radical (unpaired) electrons. The number of ketones is 2. The minimum Gasteiger partial charge on any atom is -0.300 e. The molecule has 0 spiro atoms. The van der Waals surface area contributed by atoms with Crippen LogP contribution >= 0.6 is 0 Å². The minimum absolute atomic E-state index is 0. The van der Waals surface area contributed by atoms with E-state index in [1.54, 1.807) is 6.92 Å². The third-order valence-corrected chi connectivity index (χ3v) is 8.56. The number of pyridine rings is 1. The SMILES string of the molecule is CCCCC(CCC(C)=O)CCC(=O)Cc1cccc(C2CCCC(c3nccc4c3C=CCC4)C2)c1.[HH].[HH].[HH]. The van der Waals surface area contributed by atoms with Gasteiger partial charge in [0, 0.05) is 35.7 Å². The van der Waals surface area contributed by atoms with Crippen molar-refractivity contribution in [2.75, 3.05) is 0 Å². The van der Waals surface area contributed by atoms with Crippen LogP contribution in [0.4, 0.5) is 0 Å². The molecule has 2 aliphatic rings. The number of carbonyl (C=O) groups is 2. The van der Waals surface area contributed by atoms with E-state index in [2.05, 4.69) is 49.4 Å². The average Bonchev–Trinajstić information content (AvgIpc) is 2.92. The summed E-state index contributed by atoms with van der Waals surface area (Å²) in [6.07, 6.45) is 20.8. The first-order valence-electron chi connectivity index (χ1n) is 14.8. The lowest BCUT2D eigenvalue weighted by Crippen LogP contribution is -2.16. The summed E-state index contributed by atoms with van der Waals surface area (Å²) in [5, 5.41) is 0. The summed E-state index contributed by atoms with van der Waals surface area (Å²) in [5.74, 6) is 2.12. The summed E-state index contributed by atoms with van der Waals surface area (Å²) in [5.41, 5.74) is 6.66. The second-order valence-corrected chi connectivity index (χ2v) is 11.5. The highest BCUT2D eigenvalue weighted by atomic mass is 16.1. The van der Waals surface area contributed by atoms with Crippen LogP contribution in [0.3, 0.4) is 0 Å². The van der Waals surface area contributed by atoms with Gasteiger partial charge in [-0.25, -0.2) is 0 Å². The zero-order valence-corrected chi connectivity index (χ0v) is 23.0. The Bertz CT molecular complexity index is 1100. The van der Waals surface area contributed by atoms with E-state index < -0.39 is 0 Å². The first kappa shape index (κ1) is 27.5. The summed E-state index contributed by atoms with van der Waals surface area (Å²) in [6, 6.07) is 11.0. The van der Waals surface area contributed by atoms with E-state index in [-0.39, 0.29) is 10.1 Å². The molecule has 2 aliphatic carbocycles. The monoisotopic (exact) mass is 505 g/mol. The number of fused-ring (bicyclic) bond motifs is 1. The van der Waals surface area contributed by atoms with E-state index >= 15 is 0 Å². The maximum atomic E-state index is 12.9. The fraction of sp³-hybridized carbons (Fsp3) is 0.559. The Morgan fingerprint density at radius 2 is 1.92 bits per heavy atom. The second-order valence-electron chi connectivity index (χ2n) is 11.5. The molecule has 0 amide bonds. The molecular formula is C34H51NO2. The molecule has 204 valence electrons. The quantitative estimate of drug-likeness (QED) is 0.272. The number of hydrogen-bond donors (Lipinski definition) is 0. The van der Waals surface area contributed by atoms with Gasteiger partial charge in [0.2, 0.25) is 0 Å². The number of allylic oxidation sites excluding steroid dienone is 1. The van der Waals surface area contributed by atoms with Gasteiger partial charge in [-0.2, -0.15) is 0 Å². The van der Waals surface area contributed by atoms with Crippen molar-refractivity contribution < 1.29 is 13.9 Å².